The lowest BCUT2D eigenvalue weighted by molar-refractivity contribution is 0.0788. The molecular formula is C18H22ClN3O. The van der Waals surface area contributed by atoms with Gasteiger partial charge in [0, 0.05) is 19.2 Å². The van der Waals surface area contributed by atoms with Gasteiger partial charge in [0.05, 0.1) is 23.0 Å². The predicted molar refractivity (Wildman–Crippen MR) is 91.9 cm³/mol. The highest BCUT2D eigenvalue weighted by Gasteiger charge is 2.25. The monoisotopic (exact) mass is 331 g/mol. The van der Waals surface area contributed by atoms with Crippen LogP contribution in [0, 0.1) is 19.8 Å². The van der Waals surface area contributed by atoms with E-state index in [4.69, 9.17) is 11.6 Å². The number of amides is 1. The number of carbonyl (C=O) groups is 1. The average Bonchev–Trinajstić information content (AvgIpc) is 3.32. The van der Waals surface area contributed by atoms with E-state index in [0.29, 0.717) is 12.5 Å². The Morgan fingerprint density at radius 2 is 1.96 bits per heavy atom. The van der Waals surface area contributed by atoms with Gasteiger partial charge in [0.1, 0.15) is 0 Å². The maximum atomic E-state index is 12.4. The van der Waals surface area contributed by atoms with E-state index in [1.807, 2.05) is 54.7 Å². The number of carbonyl (C=O) groups excluding carboxylic acids is 1. The topological polar surface area (TPSA) is 38.1 Å². The van der Waals surface area contributed by atoms with Gasteiger partial charge in [-0.25, -0.2) is 0 Å². The summed E-state index contributed by atoms with van der Waals surface area (Å²) in [6.07, 6.45) is 2.50. The second-order valence-corrected chi connectivity index (χ2v) is 6.85. The van der Waals surface area contributed by atoms with Crippen molar-refractivity contribution in [2.75, 3.05) is 13.6 Å². The van der Waals surface area contributed by atoms with Gasteiger partial charge in [0.15, 0.2) is 0 Å². The third-order valence-electron chi connectivity index (χ3n) is 4.40. The molecule has 1 aliphatic rings. The first-order valence-electron chi connectivity index (χ1n) is 7.99. The highest BCUT2D eigenvalue weighted by molar-refractivity contribution is 6.31. The quantitative estimate of drug-likeness (QED) is 0.838. The fraction of sp³-hybridized carbons (Fsp3) is 0.444. The summed E-state index contributed by atoms with van der Waals surface area (Å²) >= 11 is 6.18. The van der Waals surface area contributed by atoms with Crippen LogP contribution in [0.4, 0.5) is 0 Å². The van der Waals surface area contributed by atoms with Gasteiger partial charge in [-0.2, -0.15) is 5.10 Å². The largest absolute Gasteiger partial charge is 0.341 e. The Labute approximate surface area is 142 Å². The number of hydrogen-bond acceptors (Lipinski definition) is 2. The Morgan fingerprint density at radius 1 is 1.30 bits per heavy atom. The number of aromatic nitrogens is 2. The van der Waals surface area contributed by atoms with Crippen molar-refractivity contribution in [1.82, 2.24) is 14.7 Å². The first-order chi connectivity index (χ1) is 11.0. The van der Waals surface area contributed by atoms with Crippen molar-refractivity contribution in [3.63, 3.8) is 0 Å². The van der Waals surface area contributed by atoms with Crippen LogP contribution in [0.1, 0.15) is 40.2 Å². The molecule has 3 rings (SSSR count). The Hall–Kier alpha value is -1.81. The van der Waals surface area contributed by atoms with Crippen LogP contribution in [0.2, 0.25) is 5.02 Å². The first-order valence-corrected chi connectivity index (χ1v) is 8.37. The molecule has 1 fully saturated rings. The molecule has 2 aromatic rings. The lowest BCUT2D eigenvalue weighted by atomic mass is 10.1. The van der Waals surface area contributed by atoms with Gasteiger partial charge >= 0.3 is 0 Å². The summed E-state index contributed by atoms with van der Waals surface area (Å²) in [6.45, 7) is 5.40. The van der Waals surface area contributed by atoms with Crippen LogP contribution < -0.4 is 0 Å². The fourth-order valence-electron chi connectivity index (χ4n) is 2.75. The lowest BCUT2D eigenvalue weighted by Crippen LogP contribution is -2.28. The van der Waals surface area contributed by atoms with Gasteiger partial charge in [-0.15, -0.1) is 0 Å². The SMILES string of the molecule is Cc1nn(Cc2ccc(C(=O)N(C)CC3CC3)cc2)c(C)c1Cl. The number of aryl methyl sites for hydroxylation is 1. The van der Waals surface area contributed by atoms with Crippen LogP contribution in [-0.4, -0.2) is 34.2 Å². The summed E-state index contributed by atoms with van der Waals surface area (Å²) < 4.78 is 1.90. The zero-order valence-electron chi connectivity index (χ0n) is 13.8. The molecule has 0 saturated heterocycles. The molecule has 5 heteroatoms. The second kappa shape index (κ2) is 6.36. The van der Waals surface area contributed by atoms with Crippen molar-refractivity contribution in [3.8, 4) is 0 Å². The fourth-order valence-corrected chi connectivity index (χ4v) is 2.88. The van der Waals surface area contributed by atoms with Gasteiger partial charge in [0.25, 0.3) is 5.91 Å². The average molecular weight is 332 g/mol. The molecule has 1 saturated carbocycles. The van der Waals surface area contributed by atoms with Crippen molar-refractivity contribution < 1.29 is 4.79 Å². The van der Waals surface area contributed by atoms with Crippen molar-refractivity contribution in [2.45, 2.75) is 33.2 Å². The summed E-state index contributed by atoms with van der Waals surface area (Å²) in [6, 6.07) is 7.77. The van der Waals surface area contributed by atoms with Crippen molar-refractivity contribution in [3.05, 3.63) is 51.8 Å². The van der Waals surface area contributed by atoms with Gasteiger partial charge in [-0.1, -0.05) is 23.7 Å². The van der Waals surface area contributed by atoms with Gasteiger partial charge < -0.3 is 4.90 Å². The molecule has 1 aliphatic carbocycles. The van der Waals surface area contributed by atoms with E-state index < -0.39 is 0 Å². The minimum atomic E-state index is 0.0950. The minimum Gasteiger partial charge on any atom is -0.341 e. The van der Waals surface area contributed by atoms with Crippen LogP contribution in [0.15, 0.2) is 24.3 Å². The van der Waals surface area contributed by atoms with E-state index >= 15 is 0 Å². The molecule has 1 aromatic heterocycles. The molecule has 23 heavy (non-hydrogen) atoms. The molecule has 0 bridgehead atoms. The maximum Gasteiger partial charge on any atom is 0.253 e. The number of halogens is 1. The van der Waals surface area contributed by atoms with Crippen LogP contribution >= 0.6 is 11.6 Å². The van der Waals surface area contributed by atoms with Gasteiger partial charge in [-0.3, -0.25) is 9.48 Å². The summed E-state index contributed by atoms with van der Waals surface area (Å²) in [7, 11) is 1.88. The molecule has 0 N–H and O–H groups in total. The molecule has 0 radical (unpaired) electrons. The van der Waals surface area contributed by atoms with Gasteiger partial charge in [0.2, 0.25) is 0 Å². The molecule has 0 atom stereocenters. The van der Waals surface area contributed by atoms with Crippen LogP contribution in [0.3, 0.4) is 0 Å². The third kappa shape index (κ3) is 3.58. The van der Waals surface area contributed by atoms with E-state index in [-0.39, 0.29) is 5.91 Å². The Morgan fingerprint density at radius 3 is 2.48 bits per heavy atom. The summed E-state index contributed by atoms with van der Waals surface area (Å²) in [5.41, 5.74) is 3.66. The predicted octanol–water partition coefficient (Wildman–Crippen LogP) is 3.68. The van der Waals surface area contributed by atoms with Crippen LogP contribution in [0.5, 0.6) is 0 Å². The minimum absolute atomic E-state index is 0.0950. The highest BCUT2D eigenvalue weighted by Crippen LogP contribution is 2.29. The smallest absolute Gasteiger partial charge is 0.253 e. The van der Waals surface area contributed by atoms with E-state index in [9.17, 15) is 4.79 Å². The van der Waals surface area contributed by atoms with Crippen molar-refractivity contribution in [1.29, 1.82) is 0 Å². The Bertz CT molecular complexity index is 717. The molecule has 0 aliphatic heterocycles. The van der Waals surface area contributed by atoms with E-state index in [0.717, 1.165) is 34.1 Å². The Balaban J connectivity index is 1.68. The molecule has 1 heterocycles. The van der Waals surface area contributed by atoms with Gasteiger partial charge in [-0.05, 0) is 50.3 Å². The van der Waals surface area contributed by atoms with E-state index in [1.165, 1.54) is 12.8 Å². The van der Waals surface area contributed by atoms with Crippen molar-refractivity contribution >= 4 is 17.5 Å². The number of nitrogens with zero attached hydrogens (tertiary/aromatic N) is 3. The molecule has 1 aromatic carbocycles. The third-order valence-corrected chi connectivity index (χ3v) is 4.95. The Kier molecular flexibility index (Phi) is 4.44. The summed E-state index contributed by atoms with van der Waals surface area (Å²) in [4.78, 5) is 14.2. The first kappa shape index (κ1) is 16.1. The molecule has 1 amide bonds. The van der Waals surface area contributed by atoms with Crippen LogP contribution in [0.25, 0.3) is 0 Å². The standard InChI is InChI=1S/C18H22ClN3O/c1-12-17(19)13(2)22(20-12)11-15-6-8-16(9-7-15)18(23)21(3)10-14-4-5-14/h6-9,14H,4-5,10-11H2,1-3H3. The zero-order chi connectivity index (χ0) is 16.6. The number of benzene rings is 1. The molecular weight excluding hydrogens is 310 g/mol. The summed E-state index contributed by atoms with van der Waals surface area (Å²) in [5.74, 6) is 0.802. The van der Waals surface area contributed by atoms with E-state index in [2.05, 4.69) is 5.10 Å². The molecule has 0 spiro atoms. The number of rotatable bonds is 5. The highest BCUT2D eigenvalue weighted by atomic mass is 35.5. The lowest BCUT2D eigenvalue weighted by Gasteiger charge is -2.17. The van der Waals surface area contributed by atoms with Crippen molar-refractivity contribution in [2.24, 2.45) is 5.92 Å². The summed E-state index contributed by atoms with van der Waals surface area (Å²) in [5, 5.41) is 5.16. The number of hydrogen-bond donors (Lipinski definition) is 0. The second-order valence-electron chi connectivity index (χ2n) is 6.47. The molecule has 122 valence electrons. The van der Waals surface area contributed by atoms with E-state index in [1.54, 1.807) is 0 Å². The molecule has 0 unspecified atom stereocenters. The van der Waals surface area contributed by atoms with Crippen LogP contribution in [-0.2, 0) is 6.54 Å². The zero-order valence-corrected chi connectivity index (χ0v) is 14.6. The maximum absolute atomic E-state index is 12.4. The normalized spacial score (nSPS) is 14.1. The molecule has 4 nitrogen and oxygen atoms in total.